The molecule has 0 atom stereocenters. The van der Waals surface area contributed by atoms with Crippen LogP contribution in [0.3, 0.4) is 0 Å². The summed E-state index contributed by atoms with van der Waals surface area (Å²) >= 11 is 5.53. The van der Waals surface area contributed by atoms with Gasteiger partial charge in [0.1, 0.15) is 0 Å². The molecule has 1 aromatic rings. The average Bonchev–Trinajstić information content (AvgIpc) is 2.03. The fraction of sp³-hybridized carbons (Fsp3) is 0. The van der Waals surface area contributed by atoms with Crippen LogP contribution in [0, 0.1) is 0 Å². The van der Waals surface area contributed by atoms with Gasteiger partial charge >= 0.3 is 37.2 Å². The van der Waals surface area contributed by atoms with Crippen LogP contribution < -0.4 is 0 Å². The van der Waals surface area contributed by atoms with E-state index in [4.69, 9.17) is 21.4 Å². The van der Waals surface area contributed by atoms with Crippen molar-refractivity contribution in [2.75, 3.05) is 0 Å². The third-order valence-corrected chi connectivity index (χ3v) is 2.40. The molecule has 0 saturated heterocycles. The molecule has 72 valence electrons. The second kappa shape index (κ2) is 5.42. The van der Waals surface area contributed by atoms with Gasteiger partial charge in [-0.1, -0.05) is 11.6 Å². The van der Waals surface area contributed by atoms with Crippen LogP contribution in [-0.4, -0.2) is 44.9 Å². The van der Waals surface area contributed by atoms with E-state index in [0.29, 0.717) is 5.02 Å². The summed E-state index contributed by atoms with van der Waals surface area (Å²) in [6.45, 7) is 0. The van der Waals surface area contributed by atoms with Crippen LogP contribution in [-0.2, 0) is 4.57 Å². The Balaban J connectivity index is 0.00000169. The Morgan fingerprint density at radius 3 is 2.00 bits per heavy atom. The first-order chi connectivity index (χ1) is 5.91. The molecule has 0 fully saturated rings. The van der Waals surface area contributed by atoms with Gasteiger partial charge in [0.15, 0.2) is 0 Å². The molecule has 2 N–H and O–H groups in total. The van der Waals surface area contributed by atoms with Gasteiger partial charge in [-0.25, -0.2) is 0 Å². The number of halogens is 1. The summed E-state index contributed by atoms with van der Waals surface area (Å²) in [6.07, 6.45) is 0. The van der Waals surface area contributed by atoms with Gasteiger partial charge in [0, 0.05) is 10.6 Å². The molecule has 0 saturated carbocycles. The van der Waals surface area contributed by atoms with Crippen LogP contribution in [0.5, 0.6) is 0 Å². The van der Waals surface area contributed by atoms with E-state index in [2.05, 4.69) is 0 Å². The summed E-state index contributed by atoms with van der Waals surface area (Å²) in [6, 6.07) is 5.32. The molecule has 0 aliphatic rings. The first kappa shape index (κ1) is 14.3. The van der Waals surface area contributed by atoms with Crippen molar-refractivity contribution in [2.45, 2.75) is 0 Å². The van der Waals surface area contributed by atoms with Gasteiger partial charge in [0.2, 0.25) is 0 Å². The molecule has 1 aromatic carbocycles. The summed E-state index contributed by atoms with van der Waals surface area (Å²) in [7, 11) is -4.68. The third kappa shape index (κ3) is 3.83. The van der Waals surface area contributed by atoms with Crippen molar-refractivity contribution in [3.05, 3.63) is 34.9 Å². The van der Waals surface area contributed by atoms with Crippen molar-refractivity contribution in [1.29, 1.82) is 0 Å². The van der Waals surface area contributed by atoms with Gasteiger partial charge < -0.3 is 9.79 Å². The summed E-state index contributed by atoms with van der Waals surface area (Å²) in [4.78, 5) is 28.0. The quantitative estimate of drug-likeness (QED) is 0.601. The predicted molar refractivity (Wildman–Crippen MR) is 55.0 cm³/mol. The van der Waals surface area contributed by atoms with E-state index in [1.807, 2.05) is 0 Å². The number of rotatable bonds is 2. The Hall–Kier alpha value is 0.330. The van der Waals surface area contributed by atoms with Crippen LogP contribution in [0.2, 0.25) is 5.02 Å². The normalized spacial score (nSPS) is 10.5. The molecule has 0 heterocycles. The van der Waals surface area contributed by atoms with E-state index in [9.17, 15) is 9.36 Å². The summed E-state index contributed by atoms with van der Waals surface area (Å²) < 4.78 is 10.5. The Morgan fingerprint density at radius 2 is 1.64 bits per heavy atom. The topological polar surface area (TPSA) is 74.6 Å². The molecule has 0 bridgehead atoms. The average molecular weight is 245 g/mol. The molecule has 7 heteroatoms. The fourth-order valence-corrected chi connectivity index (χ4v) is 1.37. The molecule has 4 nitrogen and oxygen atoms in total. The standard InChI is InChI=1S/C7H6ClO4P.Na.H/c8-6-3-1-5(2-4-6)7(9)13(10,11)12;;/h1-4H,(H2,10,11,12);;. The number of benzene rings is 1. The molecule has 1 rings (SSSR count). The van der Waals surface area contributed by atoms with Crippen LogP contribution in [0.4, 0.5) is 0 Å². The summed E-state index contributed by atoms with van der Waals surface area (Å²) in [5.41, 5.74) is -1.23. The van der Waals surface area contributed by atoms with Crippen molar-refractivity contribution in [1.82, 2.24) is 0 Å². The number of carbonyl (C=O) groups is 1. The first-order valence-corrected chi connectivity index (χ1v) is 5.26. The molecular formula is C7H7ClNaO4P. The zero-order valence-electron chi connectivity index (χ0n) is 6.35. The molecular weight excluding hydrogens is 237 g/mol. The fourth-order valence-electron chi connectivity index (χ4n) is 0.761. The van der Waals surface area contributed by atoms with Crippen LogP contribution >= 0.6 is 19.2 Å². The van der Waals surface area contributed by atoms with Gasteiger partial charge in [-0.15, -0.1) is 0 Å². The molecule has 0 spiro atoms. The van der Waals surface area contributed by atoms with E-state index in [0.717, 1.165) is 0 Å². The van der Waals surface area contributed by atoms with Crippen LogP contribution in [0.1, 0.15) is 10.4 Å². The summed E-state index contributed by atoms with van der Waals surface area (Å²) in [5, 5.41) is 0.405. The van der Waals surface area contributed by atoms with E-state index in [1.165, 1.54) is 24.3 Å². The molecule has 0 amide bonds. The second-order valence-electron chi connectivity index (χ2n) is 2.36. The van der Waals surface area contributed by atoms with E-state index in [-0.39, 0.29) is 35.1 Å². The summed E-state index contributed by atoms with van der Waals surface area (Å²) in [5.74, 6) is 0. The Bertz CT molecular complexity index is 372. The maximum absolute atomic E-state index is 11.0. The van der Waals surface area contributed by atoms with E-state index < -0.39 is 13.1 Å². The van der Waals surface area contributed by atoms with Gasteiger partial charge in [0.25, 0.3) is 5.52 Å². The van der Waals surface area contributed by atoms with E-state index in [1.54, 1.807) is 0 Å². The minimum absolute atomic E-state index is 0. The zero-order valence-corrected chi connectivity index (χ0v) is 8.00. The van der Waals surface area contributed by atoms with Crippen LogP contribution in [0.15, 0.2) is 24.3 Å². The molecule has 14 heavy (non-hydrogen) atoms. The molecule has 0 aliphatic heterocycles. The Kier molecular flexibility index (Phi) is 5.55. The third-order valence-electron chi connectivity index (χ3n) is 1.36. The number of hydrogen-bond acceptors (Lipinski definition) is 2. The van der Waals surface area contributed by atoms with Crippen molar-refractivity contribution >= 4 is 54.3 Å². The van der Waals surface area contributed by atoms with Gasteiger partial charge in [-0.3, -0.25) is 9.36 Å². The second-order valence-corrected chi connectivity index (χ2v) is 4.29. The van der Waals surface area contributed by atoms with Crippen LogP contribution in [0.25, 0.3) is 0 Å². The number of carbonyl (C=O) groups excluding carboxylic acids is 1. The monoisotopic (exact) mass is 244 g/mol. The molecule has 0 unspecified atom stereocenters. The number of hydrogen-bond donors (Lipinski definition) is 2. The molecule has 0 aromatic heterocycles. The maximum atomic E-state index is 11.0. The van der Waals surface area contributed by atoms with Crippen molar-refractivity contribution in [3.63, 3.8) is 0 Å². The zero-order chi connectivity index (χ0) is 10.1. The molecule has 0 aliphatic carbocycles. The Labute approximate surface area is 108 Å². The van der Waals surface area contributed by atoms with Crippen molar-refractivity contribution in [2.24, 2.45) is 0 Å². The van der Waals surface area contributed by atoms with E-state index >= 15 is 0 Å². The SMILES string of the molecule is O=C(c1ccc(Cl)cc1)P(=O)(O)O.[NaH]. The van der Waals surface area contributed by atoms with Gasteiger partial charge in [-0.2, -0.15) is 0 Å². The molecule has 0 radical (unpaired) electrons. The van der Waals surface area contributed by atoms with Crippen molar-refractivity contribution in [3.8, 4) is 0 Å². The Morgan fingerprint density at radius 1 is 1.21 bits per heavy atom. The van der Waals surface area contributed by atoms with Gasteiger partial charge in [-0.05, 0) is 24.3 Å². The van der Waals surface area contributed by atoms with Crippen molar-refractivity contribution < 1.29 is 19.1 Å². The predicted octanol–water partition coefficient (Wildman–Crippen LogP) is 1.01. The minimum atomic E-state index is -4.68. The van der Waals surface area contributed by atoms with Gasteiger partial charge in [0.05, 0.1) is 0 Å². The first-order valence-electron chi connectivity index (χ1n) is 3.27.